The van der Waals surface area contributed by atoms with Gasteiger partial charge in [0.15, 0.2) is 0 Å². The average molecular weight is 229 g/mol. The Labute approximate surface area is 94.8 Å². The molecule has 2 fully saturated rings. The van der Waals surface area contributed by atoms with Crippen LogP contribution in [-0.2, 0) is 32.7 Å². The second-order valence-electron chi connectivity index (χ2n) is 2.56. The maximum atomic E-state index is 3.17. The first-order valence-corrected chi connectivity index (χ1v) is 4.05. The van der Waals surface area contributed by atoms with Gasteiger partial charge in [-0.15, -0.1) is 13.1 Å². The summed E-state index contributed by atoms with van der Waals surface area (Å²) in [5.41, 5.74) is 0. The van der Waals surface area contributed by atoms with Crippen LogP contribution in [0.5, 0.6) is 0 Å². The van der Waals surface area contributed by atoms with Crippen molar-refractivity contribution in [3.8, 4) is 0 Å². The molecular formula is C8H16N2Y+. The predicted molar refractivity (Wildman–Crippen MR) is 43.6 cm³/mol. The number of hydrogen-bond acceptors (Lipinski definition) is 2. The standard InChI is InChI=1S/2C4H8N.Y/c2*1-2-4-5-3-1;/h2*1,5H,2-4H2;/q2*-1;+3. The zero-order chi connectivity index (χ0) is 7.07. The SMILES string of the molecule is [CH-]1CCNC1.[CH-]1CCNC1.[Y+3]. The summed E-state index contributed by atoms with van der Waals surface area (Å²) in [7, 11) is 0. The van der Waals surface area contributed by atoms with Crippen molar-refractivity contribution < 1.29 is 32.7 Å². The quantitative estimate of drug-likeness (QED) is 0.586. The van der Waals surface area contributed by atoms with Crippen LogP contribution in [0.25, 0.3) is 0 Å². The van der Waals surface area contributed by atoms with Crippen LogP contribution in [0.4, 0.5) is 0 Å². The summed E-state index contributed by atoms with van der Waals surface area (Å²) in [6.45, 7) is 4.64. The molecule has 2 N–H and O–H groups in total. The minimum absolute atomic E-state index is 0. The van der Waals surface area contributed by atoms with Crippen LogP contribution in [0.1, 0.15) is 12.8 Å². The van der Waals surface area contributed by atoms with E-state index < -0.39 is 0 Å². The molecule has 60 valence electrons. The summed E-state index contributed by atoms with van der Waals surface area (Å²) in [5.74, 6) is 0. The molecule has 2 aliphatic rings. The van der Waals surface area contributed by atoms with E-state index >= 15 is 0 Å². The molecule has 2 heterocycles. The fraction of sp³-hybridized carbons (Fsp3) is 0.750. The zero-order valence-electron chi connectivity index (χ0n) is 6.97. The summed E-state index contributed by atoms with van der Waals surface area (Å²) in [4.78, 5) is 0. The van der Waals surface area contributed by atoms with Crippen LogP contribution >= 0.6 is 0 Å². The maximum Gasteiger partial charge on any atom is 3.00 e. The predicted octanol–water partition coefficient (Wildman–Crippen LogP) is 0.365. The van der Waals surface area contributed by atoms with E-state index in [1.54, 1.807) is 0 Å². The number of rotatable bonds is 0. The largest absolute Gasteiger partial charge is 3.00 e. The van der Waals surface area contributed by atoms with Crippen LogP contribution in [0.15, 0.2) is 0 Å². The van der Waals surface area contributed by atoms with E-state index in [-0.39, 0.29) is 32.7 Å². The third-order valence-electron chi connectivity index (χ3n) is 1.63. The molecule has 0 radical (unpaired) electrons. The normalized spacial score (nSPS) is 21.8. The first-order chi connectivity index (χ1) is 5.00. The van der Waals surface area contributed by atoms with Gasteiger partial charge in [-0.25, -0.2) is 0 Å². The smallest absolute Gasteiger partial charge is 0.349 e. The van der Waals surface area contributed by atoms with Crippen molar-refractivity contribution in [3.05, 3.63) is 12.8 Å². The molecule has 0 unspecified atom stereocenters. The molecule has 2 rings (SSSR count). The summed E-state index contributed by atoms with van der Waals surface area (Å²) >= 11 is 0. The average Bonchev–Trinajstić information content (AvgIpc) is 2.67. The van der Waals surface area contributed by atoms with Gasteiger partial charge < -0.3 is 23.5 Å². The summed E-state index contributed by atoms with van der Waals surface area (Å²) in [6.07, 6.45) is 7.03. The number of nitrogens with one attached hydrogen (secondary N) is 2. The van der Waals surface area contributed by atoms with E-state index in [9.17, 15) is 0 Å². The summed E-state index contributed by atoms with van der Waals surface area (Å²) < 4.78 is 0. The molecule has 2 nitrogen and oxygen atoms in total. The molecule has 0 saturated carbocycles. The molecule has 2 aliphatic heterocycles. The van der Waals surface area contributed by atoms with Crippen molar-refractivity contribution in [1.82, 2.24) is 10.6 Å². The summed E-state index contributed by atoms with van der Waals surface area (Å²) in [6, 6.07) is 0. The molecule has 3 heteroatoms. The molecule has 0 aromatic carbocycles. The Hall–Kier alpha value is 1.02. The summed E-state index contributed by atoms with van der Waals surface area (Å²) in [5, 5.41) is 6.33. The van der Waals surface area contributed by atoms with Crippen molar-refractivity contribution in [2.45, 2.75) is 12.8 Å². The first-order valence-electron chi connectivity index (χ1n) is 4.05. The molecule has 0 amide bonds. The van der Waals surface area contributed by atoms with E-state index in [1.165, 1.54) is 25.9 Å². The third-order valence-corrected chi connectivity index (χ3v) is 1.63. The molecule has 0 bridgehead atoms. The Kier molecular flexibility index (Phi) is 9.96. The fourth-order valence-corrected chi connectivity index (χ4v) is 1.02. The van der Waals surface area contributed by atoms with Crippen LogP contribution < -0.4 is 10.6 Å². The van der Waals surface area contributed by atoms with Crippen molar-refractivity contribution in [2.24, 2.45) is 0 Å². The molecule has 2 saturated heterocycles. The van der Waals surface area contributed by atoms with Gasteiger partial charge in [0.2, 0.25) is 0 Å². The van der Waals surface area contributed by atoms with Crippen LogP contribution in [-0.4, -0.2) is 26.2 Å². The van der Waals surface area contributed by atoms with Crippen molar-refractivity contribution >= 4 is 0 Å². The fourth-order valence-electron chi connectivity index (χ4n) is 1.02. The van der Waals surface area contributed by atoms with Gasteiger partial charge in [-0.05, 0) is 13.1 Å². The Morgan fingerprint density at radius 2 is 1.27 bits per heavy atom. The van der Waals surface area contributed by atoms with Crippen LogP contribution in [0.2, 0.25) is 0 Å². The van der Waals surface area contributed by atoms with Crippen molar-refractivity contribution in [1.29, 1.82) is 0 Å². The third kappa shape index (κ3) is 7.39. The minimum Gasteiger partial charge on any atom is -0.349 e. The molecule has 11 heavy (non-hydrogen) atoms. The Morgan fingerprint density at radius 1 is 0.818 bits per heavy atom. The molecule has 0 atom stereocenters. The van der Waals surface area contributed by atoms with Crippen molar-refractivity contribution in [2.75, 3.05) is 26.2 Å². The van der Waals surface area contributed by atoms with Crippen LogP contribution in [0.3, 0.4) is 0 Å². The Balaban J connectivity index is 0.000000167. The molecule has 0 aromatic rings. The monoisotopic (exact) mass is 229 g/mol. The van der Waals surface area contributed by atoms with Gasteiger partial charge in [-0.3, -0.25) is 0 Å². The van der Waals surface area contributed by atoms with E-state index in [4.69, 9.17) is 0 Å². The van der Waals surface area contributed by atoms with E-state index in [1.807, 2.05) is 0 Å². The van der Waals surface area contributed by atoms with Gasteiger partial charge in [0.25, 0.3) is 0 Å². The van der Waals surface area contributed by atoms with Gasteiger partial charge in [-0.1, -0.05) is 0 Å². The van der Waals surface area contributed by atoms with Gasteiger partial charge in [0.1, 0.15) is 0 Å². The first kappa shape index (κ1) is 12.0. The van der Waals surface area contributed by atoms with E-state index in [0.717, 1.165) is 13.1 Å². The van der Waals surface area contributed by atoms with Gasteiger partial charge in [-0.2, -0.15) is 12.8 Å². The number of hydrogen-bond donors (Lipinski definition) is 2. The van der Waals surface area contributed by atoms with Crippen LogP contribution in [0, 0.1) is 12.8 Å². The molecule has 0 spiro atoms. The second kappa shape index (κ2) is 9.11. The van der Waals surface area contributed by atoms with Gasteiger partial charge in [0.05, 0.1) is 0 Å². The topological polar surface area (TPSA) is 24.1 Å². The second-order valence-corrected chi connectivity index (χ2v) is 2.56. The maximum absolute atomic E-state index is 3.17. The van der Waals surface area contributed by atoms with E-state index in [2.05, 4.69) is 23.5 Å². The van der Waals surface area contributed by atoms with Gasteiger partial charge >= 0.3 is 32.7 Å². The van der Waals surface area contributed by atoms with Gasteiger partial charge in [0, 0.05) is 0 Å². The van der Waals surface area contributed by atoms with Crippen molar-refractivity contribution in [3.63, 3.8) is 0 Å². The molecular weight excluding hydrogens is 213 g/mol. The Morgan fingerprint density at radius 3 is 1.36 bits per heavy atom. The molecule has 0 aliphatic carbocycles. The Bertz CT molecular complexity index is 45.3. The van der Waals surface area contributed by atoms with E-state index in [0.29, 0.717) is 0 Å². The minimum atomic E-state index is 0. The molecule has 0 aromatic heterocycles. The zero-order valence-corrected chi connectivity index (χ0v) is 9.81.